The summed E-state index contributed by atoms with van der Waals surface area (Å²) in [5.74, 6) is 0.332. The number of carbonyl (C=O) groups is 2. The Labute approximate surface area is 197 Å². The summed E-state index contributed by atoms with van der Waals surface area (Å²) in [6.45, 7) is 6.70. The van der Waals surface area contributed by atoms with E-state index in [2.05, 4.69) is 27.7 Å². The van der Waals surface area contributed by atoms with Gasteiger partial charge in [0.2, 0.25) is 5.91 Å². The first-order valence-corrected chi connectivity index (χ1v) is 12.5. The third-order valence-electron chi connectivity index (χ3n) is 7.13. The maximum absolute atomic E-state index is 12.7. The molecule has 1 saturated heterocycles. The lowest BCUT2D eigenvalue weighted by molar-refractivity contribution is -0.127. The van der Waals surface area contributed by atoms with E-state index in [1.807, 2.05) is 44.2 Å². The van der Waals surface area contributed by atoms with Crippen LogP contribution in [0.15, 0.2) is 42.5 Å². The Hall–Kier alpha value is -2.66. The lowest BCUT2D eigenvalue weighted by Crippen LogP contribution is -2.44. The normalized spacial score (nSPS) is 18.1. The van der Waals surface area contributed by atoms with Gasteiger partial charge in [-0.15, -0.1) is 0 Å². The summed E-state index contributed by atoms with van der Waals surface area (Å²) >= 11 is 0. The van der Waals surface area contributed by atoms with Gasteiger partial charge in [0.1, 0.15) is 0 Å². The first-order chi connectivity index (χ1) is 16.0. The standard InChI is InChI=1S/C28H37N3O2/c1-20-11-12-26(21(2)17-20)28(33)30-25-10-6-7-22(18-25)19-31-15-13-23(14-16-31)27(32)29-24-8-4-3-5-9-24/h6-7,10-12,17-18,23-24H,3-5,8-9,13-16,19H2,1-2H3,(H,29,32)(H,30,33). The number of amides is 2. The molecule has 0 atom stereocenters. The number of anilines is 1. The molecule has 0 aromatic heterocycles. The van der Waals surface area contributed by atoms with Crippen LogP contribution in [0.3, 0.4) is 0 Å². The van der Waals surface area contributed by atoms with E-state index in [0.717, 1.165) is 62.1 Å². The van der Waals surface area contributed by atoms with Gasteiger partial charge < -0.3 is 10.6 Å². The van der Waals surface area contributed by atoms with Gasteiger partial charge in [0.05, 0.1) is 0 Å². The van der Waals surface area contributed by atoms with Gasteiger partial charge in [-0.2, -0.15) is 0 Å². The fourth-order valence-electron chi connectivity index (χ4n) is 5.19. The number of benzene rings is 2. The third-order valence-corrected chi connectivity index (χ3v) is 7.13. The predicted octanol–water partition coefficient (Wildman–Crippen LogP) is 5.22. The number of rotatable bonds is 6. The number of piperidine rings is 1. The topological polar surface area (TPSA) is 61.4 Å². The molecule has 1 heterocycles. The van der Waals surface area contributed by atoms with Crippen molar-refractivity contribution in [2.75, 3.05) is 18.4 Å². The zero-order chi connectivity index (χ0) is 23.2. The molecular weight excluding hydrogens is 410 g/mol. The minimum atomic E-state index is -0.0746. The second kappa shape index (κ2) is 11.0. The molecular formula is C28H37N3O2. The number of nitrogens with one attached hydrogen (secondary N) is 2. The van der Waals surface area contributed by atoms with Crippen molar-refractivity contribution in [1.29, 1.82) is 0 Å². The van der Waals surface area contributed by atoms with Gasteiger partial charge in [0.15, 0.2) is 0 Å². The quantitative estimate of drug-likeness (QED) is 0.638. The molecule has 2 aliphatic rings. The predicted molar refractivity (Wildman–Crippen MR) is 133 cm³/mol. The number of nitrogens with zero attached hydrogens (tertiary/aromatic N) is 1. The molecule has 176 valence electrons. The molecule has 0 bridgehead atoms. The summed E-state index contributed by atoms with van der Waals surface area (Å²) in [6, 6.07) is 14.4. The molecule has 5 nitrogen and oxygen atoms in total. The maximum atomic E-state index is 12.7. The minimum absolute atomic E-state index is 0.0746. The van der Waals surface area contributed by atoms with Gasteiger partial charge in [0.25, 0.3) is 5.91 Å². The number of aryl methyl sites for hydroxylation is 2. The van der Waals surface area contributed by atoms with Crippen LogP contribution in [-0.4, -0.2) is 35.8 Å². The van der Waals surface area contributed by atoms with Crippen LogP contribution in [0.2, 0.25) is 0 Å². The molecule has 2 amide bonds. The van der Waals surface area contributed by atoms with Crippen LogP contribution in [-0.2, 0) is 11.3 Å². The van der Waals surface area contributed by atoms with Gasteiger partial charge in [-0.05, 0) is 81.9 Å². The molecule has 2 N–H and O–H groups in total. The van der Waals surface area contributed by atoms with Crippen LogP contribution >= 0.6 is 0 Å². The Morgan fingerprint density at radius 2 is 1.70 bits per heavy atom. The molecule has 2 aromatic carbocycles. The smallest absolute Gasteiger partial charge is 0.255 e. The van der Waals surface area contributed by atoms with E-state index in [1.54, 1.807) is 0 Å². The highest BCUT2D eigenvalue weighted by Gasteiger charge is 2.27. The van der Waals surface area contributed by atoms with Gasteiger partial charge >= 0.3 is 0 Å². The van der Waals surface area contributed by atoms with Crippen LogP contribution in [0.25, 0.3) is 0 Å². The van der Waals surface area contributed by atoms with Crippen molar-refractivity contribution in [2.45, 2.75) is 71.4 Å². The average Bonchev–Trinajstić information content (AvgIpc) is 2.80. The highest BCUT2D eigenvalue weighted by molar-refractivity contribution is 6.05. The third kappa shape index (κ3) is 6.44. The molecule has 5 heteroatoms. The number of hydrogen-bond donors (Lipinski definition) is 2. The fraction of sp³-hybridized carbons (Fsp3) is 0.500. The molecule has 4 rings (SSSR count). The molecule has 1 saturated carbocycles. The van der Waals surface area contributed by atoms with Crippen molar-refractivity contribution in [3.63, 3.8) is 0 Å². The van der Waals surface area contributed by atoms with Crippen molar-refractivity contribution in [1.82, 2.24) is 10.2 Å². The molecule has 2 aromatic rings. The molecule has 0 radical (unpaired) electrons. The van der Waals surface area contributed by atoms with E-state index in [-0.39, 0.29) is 17.7 Å². The van der Waals surface area contributed by atoms with E-state index >= 15 is 0 Å². The van der Waals surface area contributed by atoms with Crippen molar-refractivity contribution >= 4 is 17.5 Å². The molecule has 2 fully saturated rings. The van der Waals surface area contributed by atoms with E-state index in [4.69, 9.17) is 0 Å². The van der Waals surface area contributed by atoms with Crippen LogP contribution in [0.5, 0.6) is 0 Å². The molecule has 0 spiro atoms. The summed E-state index contributed by atoms with van der Waals surface area (Å²) in [5, 5.41) is 6.35. The van der Waals surface area contributed by atoms with Crippen molar-refractivity contribution in [3.05, 3.63) is 64.7 Å². The second-order valence-corrected chi connectivity index (χ2v) is 9.87. The molecule has 0 unspecified atom stereocenters. The van der Waals surface area contributed by atoms with Crippen molar-refractivity contribution in [2.24, 2.45) is 5.92 Å². The molecule has 33 heavy (non-hydrogen) atoms. The summed E-state index contributed by atoms with van der Waals surface area (Å²) in [6.07, 6.45) is 7.91. The zero-order valence-electron chi connectivity index (χ0n) is 20.0. The van der Waals surface area contributed by atoms with Gasteiger partial charge in [0, 0.05) is 29.8 Å². The Morgan fingerprint density at radius 3 is 2.42 bits per heavy atom. The van der Waals surface area contributed by atoms with E-state index in [1.165, 1.54) is 24.8 Å². The number of carbonyl (C=O) groups excluding carboxylic acids is 2. The molecule has 1 aliphatic heterocycles. The second-order valence-electron chi connectivity index (χ2n) is 9.87. The van der Waals surface area contributed by atoms with E-state index in [0.29, 0.717) is 11.6 Å². The first kappa shape index (κ1) is 23.5. The summed E-state index contributed by atoms with van der Waals surface area (Å²) in [5.41, 5.74) is 4.85. The summed E-state index contributed by atoms with van der Waals surface area (Å²) < 4.78 is 0. The number of likely N-dealkylation sites (tertiary alicyclic amines) is 1. The fourth-order valence-corrected chi connectivity index (χ4v) is 5.19. The van der Waals surface area contributed by atoms with Crippen molar-refractivity contribution in [3.8, 4) is 0 Å². The van der Waals surface area contributed by atoms with Crippen LogP contribution in [0.4, 0.5) is 5.69 Å². The molecule has 1 aliphatic carbocycles. The maximum Gasteiger partial charge on any atom is 0.255 e. The van der Waals surface area contributed by atoms with Crippen LogP contribution < -0.4 is 10.6 Å². The van der Waals surface area contributed by atoms with Gasteiger partial charge in [-0.3, -0.25) is 14.5 Å². The minimum Gasteiger partial charge on any atom is -0.353 e. The Balaban J connectivity index is 1.27. The number of hydrogen-bond acceptors (Lipinski definition) is 3. The lowest BCUT2D eigenvalue weighted by atomic mass is 9.92. The first-order valence-electron chi connectivity index (χ1n) is 12.5. The Morgan fingerprint density at radius 1 is 0.939 bits per heavy atom. The Kier molecular flexibility index (Phi) is 7.81. The Bertz CT molecular complexity index is 973. The average molecular weight is 448 g/mol. The monoisotopic (exact) mass is 447 g/mol. The lowest BCUT2D eigenvalue weighted by Gasteiger charge is -2.32. The van der Waals surface area contributed by atoms with Crippen molar-refractivity contribution < 1.29 is 9.59 Å². The SMILES string of the molecule is Cc1ccc(C(=O)Nc2cccc(CN3CCC(C(=O)NC4CCCCC4)CC3)c2)c(C)c1. The van der Waals surface area contributed by atoms with Crippen LogP contribution in [0.1, 0.15) is 72.0 Å². The largest absolute Gasteiger partial charge is 0.353 e. The van der Waals surface area contributed by atoms with E-state index in [9.17, 15) is 9.59 Å². The summed E-state index contributed by atoms with van der Waals surface area (Å²) in [4.78, 5) is 27.8. The zero-order valence-corrected chi connectivity index (χ0v) is 20.0. The highest BCUT2D eigenvalue weighted by atomic mass is 16.2. The summed E-state index contributed by atoms with van der Waals surface area (Å²) in [7, 11) is 0. The highest BCUT2D eigenvalue weighted by Crippen LogP contribution is 2.23. The van der Waals surface area contributed by atoms with Gasteiger partial charge in [-0.1, -0.05) is 49.1 Å². The van der Waals surface area contributed by atoms with Crippen LogP contribution in [0, 0.1) is 19.8 Å². The van der Waals surface area contributed by atoms with Gasteiger partial charge in [-0.25, -0.2) is 0 Å². The van der Waals surface area contributed by atoms with E-state index < -0.39 is 0 Å².